The van der Waals surface area contributed by atoms with E-state index in [4.69, 9.17) is 55.5 Å². The van der Waals surface area contributed by atoms with Gasteiger partial charge in [-0.05, 0) is 29.3 Å². The highest BCUT2D eigenvalue weighted by molar-refractivity contribution is 5.90. The van der Waals surface area contributed by atoms with Crippen LogP contribution in [0, 0.1) is 0 Å². The SMILES string of the molecule is COc1ccc2c(c1OC)OC1c3c(cc(OC4OC(C(OC(=O)CC(=O)O)C(N)N)C(O)C(O)C4O)cc3C3=CC=C(N)NC3)OCC21. The van der Waals surface area contributed by atoms with Gasteiger partial charge in [0.25, 0.3) is 0 Å². The highest BCUT2D eigenvalue weighted by Gasteiger charge is 2.51. The van der Waals surface area contributed by atoms with E-state index in [1.807, 2.05) is 12.1 Å². The van der Waals surface area contributed by atoms with Gasteiger partial charge in [0.05, 0.1) is 38.7 Å². The number of allylic oxidation sites excluding steroid dienone is 2. The first-order valence-electron chi connectivity index (χ1n) is 15.3. The highest BCUT2D eigenvalue weighted by atomic mass is 16.7. The fourth-order valence-electron chi connectivity index (χ4n) is 6.41. The summed E-state index contributed by atoms with van der Waals surface area (Å²) in [4.78, 5) is 23.1. The van der Waals surface area contributed by atoms with E-state index in [0.717, 1.165) is 11.1 Å². The van der Waals surface area contributed by atoms with E-state index in [-0.39, 0.29) is 18.3 Å². The molecule has 1 fully saturated rings. The number of nitrogens with one attached hydrogen (secondary N) is 1. The lowest BCUT2D eigenvalue weighted by Crippen LogP contribution is -2.66. The molecule has 0 bridgehead atoms. The Kier molecular flexibility index (Phi) is 9.47. The molecule has 17 nitrogen and oxygen atoms in total. The van der Waals surface area contributed by atoms with Crippen LogP contribution in [0.25, 0.3) is 5.57 Å². The van der Waals surface area contributed by atoms with Crippen molar-refractivity contribution in [1.82, 2.24) is 5.32 Å². The van der Waals surface area contributed by atoms with Gasteiger partial charge >= 0.3 is 11.9 Å². The Balaban J connectivity index is 1.35. The molecule has 4 aliphatic heterocycles. The molecule has 2 aromatic carbocycles. The van der Waals surface area contributed by atoms with Crippen molar-refractivity contribution in [3.05, 3.63) is 58.9 Å². The molecule has 0 radical (unpaired) electrons. The minimum atomic E-state index is -1.87. The predicted octanol–water partition coefficient (Wildman–Crippen LogP) is -1.08. The molecule has 0 saturated carbocycles. The van der Waals surface area contributed by atoms with E-state index in [1.54, 1.807) is 24.3 Å². The second kappa shape index (κ2) is 13.6. The van der Waals surface area contributed by atoms with Crippen LogP contribution in [0.2, 0.25) is 0 Å². The quantitative estimate of drug-likeness (QED) is 0.0838. The Bertz CT molecular complexity index is 1680. The van der Waals surface area contributed by atoms with Crippen molar-refractivity contribution in [3.63, 3.8) is 0 Å². The first kappa shape index (κ1) is 34.1. The summed E-state index contributed by atoms with van der Waals surface area (Å²) < 4.78 is 41.0. The molecule has 11 N–H and O–H groups in total. The molecular formula is C32H38N4O13. The number of ether oxygens (including phenoxy) is 7. The van der Waals surface area contributed by atoms with Gasteiger partial charge in [-0.25, -0.2) is 0 Å². The number of carboxylic acids is 1. The van der Waals surface area contributed by atoms with Crippen molar-refractivity contribution < 1.29 is 63.2 Å². The molecular weight excluding hydrogens is 648 g/mol. The lowest BCUT2D eigenvalue weighted by Gasteiger charge is -2.43. The van der Waals surface area contributed by atoms with Crippen molar-refractivity contribution >= 4 is 17.5 Å². The molecule has 6 rings (SSSR count). The van der Waals surface area contributed by atoms with Crippen LogP contribution >= 0.6 is 0 Å². The zero-order chi connectivity index (χ0) is 35.1. The van der Waals surface area contributed by atoms with Crippen LogP contribution < -0.4 is 46.2 Å². The Labute approximate surface area is 279 Å². The maximum Gasteiger partial charge on any atom is 0.317 e. The van der Waals surface area contributed by atoms with Gasteiger partial charge in [0.2, 0.25) is 12.0 Å². The molecule has 0 amide bonds. The van der Waals surface area contributed by atoms with Gasteiger partial charge < -0.3 is 76.1 Å². The number of hydrogen-bond acceptors (Lipinski definition) is 16. The zero-order valence-electron chi connectivity index (χ0n) is 26.5. The molecule has 1 saturated heterocycles. The minimum absolute atomic E-state index is 0.133. The molecule has 2 aromatic rings. The number of methoxy groups -OCH3 is 2. The molecule has 0 spiro atoms. The molecule has 8 atom stereocenters. The Morgan fingerprint density at radius 1 is 1.06 bits per heavy atom. The Morgan fingerprint density at radius 2 is 1.84 bits per heavy atom. The van der Waals surface area contributed by atoms with Crippen molar-refractivity contribution in [1.29, 1.82) is 0 Å². The summed E-state index contributed by atoms with van der Waals surface area (Å²) in [5.41, 5.74) is 20.6. The molecule has 264 valence electrons. The number of carbonyl (C=O) groups is 2. The van der Waals surface area contributed by atoms with Crippen LogP contribution in [-0.4, -0.2) is 103 Å². The standard InChI is InChI=1S/C32H38N4O13/c1-43-17-5-4-14-16-11-45-18-8-13(7-15(12-3-6-19(33)36-10-12)22(18)26(16)48-27(14)28(17)44-2)46-32-25(42)23(40)24(41)29(49-32)30(31(34)35)47-21(39)9-20(37)38/h3-8,16,23-26,29-32,36,40-42H,9-11,33-35H2,1-2H3,(H,37,38). The van der Waals surface area contributed by atoms with E-state index >= 15 is 0 Å². The number of carbonyl (C=O) groups excluding carboxylic acids is 1. The van der Waals surface area contributed by atoms with Gasteiger partial charge in [0, 0.05) is 23.7 Å². The molecule has 49 heavy (non-hydrogen) atoms. The van der Waals surface area contributed by atoms with Crippen molar-refractivity contribution in [2.24, 2.45) is 17.2 Å². The van der Waals surface area contributed by atoms with Gasteiger partial charge in [0.1, 0.15) is 48.4 Å². The largest absolute Gasteiger partial charge is 0.493 e. The van der Waals surface area contributed by atoms with E-state index in [2.05, 4.69) is 5.32 Å². The number of dihydropyridines is 1. The zero-order valence-corrected chi connectivity index (χ0v) is 26.5. The first-order valence-corrected chi connectivity index (χ1v) is 15.3. The number of aliphatic carboxylic acids is 1. The Morgan fingerprint density at radius 3 is 2.49 bits per heavy atom. The topological polar surface area (TPSA) is 270 Å². The molecule has 4 heterocycles. The maximum absolute atomic E-state index is 12.1. The van der Waals surface area contributed by atoms with Crippen molar-refractivity contribution in [2.45, 2.75) is 61.4 Å². The monoisotopic (exact) mass is 686 g/mol. The van der Waals surface area contributed by atoms with Crippen LogP contribution in [-0.2, 0) is 19.1 Å². The number of esters is 1. The summed E-state index contributed by atoms with van der Waals surface area (Å²) in [5.74, 6) is -0.379. The van der Waals surface area contributed by atoms with Gasteiger partial charge in [-0.15, -0.1) is 0 Å². The van der Waals surface area contributed by atoms with Crippen molar-refractivity contribution in [2.75, 3.05) is 27.4 Å². The number of aliphatic hydroxyl groups excluding tert-OH is 3. The second-order valence-electron chi connectivity index (χ2n) is 11.9. The summed E-state index contributed by atoms with van der Waals surface area (Å²) in [6.45, 7) is 0.577. The fraction of sp³-hybridized carbons (Fsp3) is 0.438. The smallest absolute Gasteiger partial charge is 0.317 e. The lowest BCUT2D eigenvalue weighted by atomic mass is 9.84. The van der Waals surface area contributed by atoms with Crippen molar-refractivity contribution in [3.8, 4) is 28.7 Å². The molecule has 0 aliphatic carbocycles. The number of hydrogen-bond donors (Lipinski definition) is 8. The molecule has 17 heteroatoms. The van der Waals surface area contributed by atoms with E-state index in [1.165, 1.54) is 14.2 Å². The summed E-state index contributed by atoms with van der Waals surface area (Å²) in [6.07, 6.45) is -9.86. The number of carboxylic acid groups (broad SMARTS) is 1. The number of rotatable bonds is 10. The summed E-state index contributed by atoms with van der Waals surface area (Å²) in [5, 5.41) is 44.4. The van der Waals surface area contributed by atoms with Crippen LogP contribution in [0.3, 0.4) is 0 Å². The predicted molar refractivity (Wildman–Crippen MR) is 167 cm³/mol. The molecule has 0 aromatic heterocycles. The van der Waals surface area contributed by atoms with Crippen LogP contribution in [0.5, 0.6) is 28.7 Å². The van der Waals surface area contributed by atoms with Crippen LogP contribution in [0.15, 0.2) is 42.2 Å². The second-order valence-corrected chi connectivity index (χ2v) is 11.9. The normalized spacial score (nSPS) is 27.5. The number of nitrogens with two attached hydrogens (primary N) is 3. The van der Waals surface area contributed by atoms with E-state index in [0.29, 0.717) is 46.5 Å². The van der Waals surface area contributed by atoms with Gasteiger partial charge in [-0.2, -0.15) is 0 Å². The third-order valence-electron chi connectivity index (χ3n) is 8.78. The minimum Gasteiger partial charge on any atom is -0.493 e. The fourth-order valence-corrected chi connectivity index (χ4v) is 6.41. The summed E-state index contributed by atoms with van der Waals surface area (Å²) >= 11 is 0. The number of benzene rings is 2. The van der Waals surface area contributed by atoms with Crippen LogP contribution in [0.1, 0.15) is 35.1 Å². The maximum atomic E-state index is 12.1. The van der Waals surface area contributed by atoms with Gasteiger partial charge in [0.15, 0.2) is 17.6 Å². The summed E-state index contributed by atoms with van der Waals surface area (Å²) in [7, 11) is 3.07. The van der Waals surface area contributed by atoms with Gasteiger partial charge in [-0.1, -0.05) is 12.1 Å². The van der Waals surface area contributed by atoms with E-state index < -0.39 is 67.4 Å². The third-order valence-corrected chi connectivity index (χ3v) is 8.78. The Hall–Kier alpha value is -4.78. The molecule has 8 unspecified atom stereocenters. The van der Waals surface area contributed by atoms with Gasteiger partial charge in [-0.3, -0.25) is 9.59 Å². The van der Waals surface area contributed by atoms with Crippen LogP contribution in [0.4, 0.5) is 0 Å². The first-order chi connectivity index (χ1) is 23.4. The average Bonchev–Trinajstić information content (AvgIpc) is 3.45. The molecule has 4 aliphatic rings. The lowest BCUT2D eigenvalue weighted by molar-refractivity contribution is -0.291. The average molecular weight is 687 g/mol. The third kappa shape index (κ3) is 6.39. The number of aliphatic hydroxyl groups is 3. The van der Waals surface area contributed by atoms with E-state index in [9.17, 15) is 24.9 Å². The summed E-state index contributed by atoms with van der Waals surface area (Å²) in [6, 6.07) is 6.97. The number of fused-ring (bicyclic) bond motifs is 5. The highest BCUT2D eigenvalue weighted by Crippen LogP contribution is 2.57.